The summed E-state index contributed by atoms with van der Waals surface area (Å²) in [5.74, 6) is 1.30. The molecule has 2 aromatic rings. The molecule has 3 nitrogen and oxygen atoms in total. The Balaban J connectivity index is 2.34. The SMILES string of the molecule is CCc1ccccc1Oc1nc(C)ccc1N. The van der Waals surface area contributed by atoms with Crippen molar-refractivity contribution in [3.63, 3.8) is 0 Å². The van der Waals surface area contributed by atoms with E-state index in [2.05, 4.69) is 11.9 Å². The topological polar surface area (TPSA) is 48.1 Å². The number of para-hydroxylation sites is 1. The smallest absolute Gasteiger partial charge is 0.242 e. The number of aromatic nitrogens is 1. The molecule has 3 heteroatoms. The predicted molar refractivity (Wildman–Crippen MR) is 69.3 cm³/mol. The van der Waals surface area contributed by atoms with E-state index in [4.69, 9.17) is 10.5 Å². The van der Waals surface area contributed by atoms with E-state index in [1.807, 2.05) is 43.3 Å². The molecule has 0 radical (unpaired) electrons. The second-order valence-corrected chi connectivity index (χ2v) is 3.91. The number of anilines is 1. The quantitative estimate of drug-likeness (QED) is 0.876. The van der Waals surface area contributed by atoms with Crippen LogP contribution in [0.4, 0.5) is 5.69 Å². The number of ether oxygens (including phenoxy) is 1. The Morgan fingerprint density at radius 1 is 1.18 bits per heavy atom. The summed E-state index contributed by atoms with van der Waals surface area (Å²) in [4.78, 5) is 4.30. The number of aryl methyl sites for hydroxylation is 2. The Labute approximate surface area is 101 Å². The summed E-state index contributed by atoms with van der Waals surface area (Å²) in [5.41, 5.74) is 8.44. The van der Waals surface area contributed by atoms with Crippen LogP contribution < -0.4 is 10.5 Å². The summed E-state index contributed by atoms with van der Waals surface area (Å²) in [7, 11) is 0. The average Bonchev–Trinajstić information content (AvgIpc) is 2.34. The fourth-order valence-corrected chi connectivity index (χ4v) is 1.63. The Morgan fingerprint density at radius 3 is 2.71 bits per heavy atom. The standard InChI is InChI=1S/C14H16N2O/c1-3-11-6-4-5-7-13(11)17-14-12(15)9-8-10(2)16-14/h4-9H,3,15H2,1-2H3. The van der Waals surface area contributed by atoms with Gasteiger partial charge in [-0.15, -0.1) is 0 Å². The van der Waals surface area contributed by atoms with Gasteiger partial charge in [0.25, 0.3) is 0 Å². The molecular weight excluding hydrogens is 212 g/mol. The molecule has 1 aromatic heterocycles. The maximum absolute atomic E-state index is 5.84. The zero-order valence-corrected chi connectivity index (χ0v) is 10.1. The lowest BCUT2D eigenvalue weighted by molar-refractivity contribution is 0.459. The minimum atomic E-state index is 0.478. The molecule has 0 aliphatic carbocycles. The van der Waals surface area contributed by atoms with Crippen LogP contribution in [0, 0.1) is 6.92 Å². The van der Waals surface area contributed by atoms with E-state index in [9.17, 15) is 0 Å². The van der Waals surface area contributed by atoms with Crippen molar-refractivity contribution >= 4 is 5.69 Å². The highest BCUT2D eigenvalue weighted by molar-refractivity contribution is 5.50. The molecule has 2 N–H and O–H groups in total. The number of benzene rings is 1. The fourth-order valence-electron chi connectivity index (χ4n) is 1.63. The van der Waals surface area contributed by atoms with Crippen molar-refractivity contribution in [1.82, 2.24) is 4.98 Å². The van der Waals surface area contributed by atoms with Crippen LogP contribution in [-0.4, -0.2) is 4.98 Å². The first-order valence-electron chi connectivity index (χ1n) is 5.69. The predicted octanol–water partition coefficient (Wildman–Crippen LogP) is 3.33. The first-order valence-corrected chi connectivity index (χ1v) is 5.69. The number of pyridine rings is 1. The van der Waals surface area contributed by atoms with Gasteiger partial charge in [-0.1, -0.05) is 25.1 Å². The summed E-state index contributed by atoms with van der Waals surface area (Å²) in [6, 6.07) is 11.6. The van der Waals surface area contributed by atoms with E-state index in [-0.39, 0.29) is 0 Å². The first-order chi connectivity index (χ1) is 8.20. The molecule has 2 rings (SSSR count). The van der Waals surface area contributed by atoms with Gasteiger partial charge in [-0.05, 0) is 37.1 Å². The van der Waals surface area contributed by atoms with Gasteiger partial charge in [0.15, 0.2) is 0 Å². The Hall–Kier alpha value is -2.03. The molecule has 0 unspecified atom stereocenters. The molecule has 1 heterocycles. The van der Waals surface area contributed by atoms with Gasteiger partial charge in [-0.2, -0.15) is 0 Å². The van der Waals surface area contributed by atoms with Crippen molar-refractivity contribution in [3.8, 4) is 11.6 Å². The summed E-state index contributed by atoms with van der Waals surface area (Å²) in [5, 5.41) is 0. The van der Waals surface area contributed by atoms with E-state index < -0.39 is 0 Å². The van der Waals surface area contributed by atoms with Gasteiger partial charge in [-0.25, -0.2) is 4.98 Å². The van der Waals surface area contributed by atoms with Crippen molar-refractivity contribution in [2.45, 2.75) is 20.3 Å². The second kappa shape index (κ2) is 4.87. The third-order valence-electron chi connectivity index (χ3n) is 2.59. The maximum atomic E-state index is 5.84. The van der Waals surface area contributed by atoms with Crippen molar-refractivity contribution in [1.29, 1.82) is 0 Å². The zero-order valence-electron chi connectivity index (χ0n) is 10.1. The minimum Gasteiger partial charge on any atom is -0.437 e. The Morgan fingerprint density at radius 2 is 1.94 bits per heavy atom. The zero-order chi connectivity index (χ0) is 12.3. The number of nitrogen functional groups attached to an aromatic ring is 1. The van der Waals surface area contributed by atoms with E-state index in [1.54, 1.807) is 0 Å². The number of hydrogen-bond donors (Lipinski definition) is 1. The highest BCUT2D eigenvalue weighted by Gasteiger charge is 2.07. The molecule has 0 amide bonds. The van der Waals surface area contributed by atoms with Gasteiger partial charge in [-0.3, -0.25) is 0 Å². The van der Waals surface area contributed by atoms with E-state index in [1.165, 1.54) is 0 Å². The fraction of sp³-hybridized carbons (Fsp3) is 0.214. The van der Waals surface area contributed by atoms with Crippen LogP contribution in [0.25, 0.3) is 0 Å². The van der Waals surface area contributed by atoms with Crippen LogP contribution in [0.15, 0.2) is 36.4 Å². The second-order valence-electron chi connectivity index (χ2n) is 3.91. The molecule has 0 spiro atoms. The van der Waals surface area contributed by atoms with Crippen molar-refractivity contribution in [3.05, 3.63) is 47.7 Å². The van der Waals surface area contributed by atoms with Crippen LogP contribution in [0.5, 0.6) is 11.6 Å². The summed E-state index contributed by atoms with van der Waals surface area (Å²) in [6.07, 6.45) is 0.919. The minimum absolute atomic E-state index is 0.478. The lowest BCUT2D eigenvalue weighted by atomic mass is 10.1. The van der Waals surface area contributed by atoms with Crippen LogP contribution >= 0.6 is 0 Å². The number of nitrogens with two attached hydrogens (primary N) is 1. The molecule has 17 heavy (non-hydrogen) atoms. The number of rotatable bonds is 3. The lowest BCUT2D eigenvalue weighted by Gasteiger charge is -2.11. The largest absolute Gasteiger partial charge is 0.437 e. The molecular formula is C14H16N2O. The molecule has 0 aliphatic heterocycles. The van der Waals surface area contributed by atoms with E-state index >= 15 is 0 Å². The molecule has 0 saturated carbocycles. The maximum Gasteiger partial charge on any atom is 0.242 e. The van der Waals surface area contributed by atoms with Gasteiger partial charge in [0.05, 0.1) is 5.69 Å². The molecule has 0 bridgehead atoms. The van der Waals surface area contributed by atoms with Crippen molar-refractivity contribution in [2.75, 3.05) is 5.73 Å². The molecule has 1 aromatic carbocycles. The van der Waals surface area contributed by atoms with Crippen molar-refractivity contribution in [2.24, 2.45) is 0 Å². The monoisotopic (exact) mass is 228 g/mol. The first kappa shape index (κ1) is 11.5. The highest BCUT2D eigenvalue weighted by atomic mass is 16.5. The normalized spacial score (nSPS) is 10.2. The molecule has 0 atom stereocenters. The molecule has 88 valence electrons. The van der Waals surface area contributed by atoms with Crippen LogP contribution in [0.1, 0.15) is 18.2 Å². The Kier molecular flexibility index (Phi) is 3.28. The lowest BCUT2D eigenvalue weighted by Crippen LogP contribution is -1.98. The van der Waals surface area contributed by atoms with Gasteiger partial charge in [0, 0.05) is 5.69 Å². The Bertz CT molecular complexity index is 523. The van der Waals surface area contributed by atoms with E-state index in [0.717, 1.165) is 23.4 Å². The van der Waals surface area contributed by atoms with E-state index in [0.29, 0.717) is 11.6 Å². The summed E-state index contributed by atoms with van der Waals surface area (Å²) < 4.78 is 5.78. The van der Waals surface area contributed by atoms with Gasteiger partial charge in [0.1, 0.15) is 5.75 Å². The summed E-state index contributed by atoms with van der Waals surface area (Å²) in [6.45, 7) is 4.01. The van der Waals surface area contributed by atoms with Crippen molar-refractivity contribution < 1.29 is 4.74 Å². The average molecular weight is 228 g/mol. The van der Waals surface area contributed by atoms with Gasteiger partial charge in [0.2, 0.25) is 5.88 Å². The van der Waals surface area contributed by atoms with Gasteiger partial charge < -0.3 is 10.5 Å². The van der Waals surface area contributed by atoms with Crippen LogP contribution in [0.3, 0.4) is 0 Å². The van der Waals surface area contributed by atoms with Crippen LogP contribution in [-0.2, 0) is 6.42 Å². The highest BCUT2D eigenvalue weighted by Crippen LogP contribution is 2.28. The molecule has 0 fully saturated rings. The third-order valence-corrected chi connectivity index (χ3v) is 2.59. The molecule has 0 saturated heterocycles. The number of nitrogens with zero attached hydrogens (tertiary/aromatic N) is 1. The third kappa shape index (κ3) is 2.56. The van der Waals surface area contributed by atoms with Gasteiger partial charge >= 0.3 is 0 Å². The molecule has 0 aliphatic rings. The summed E-state index contributed by atoms with van der Waals surface area (Å²) >= 11 is 0. The number of hydrogen-bond acceptors (Lipinski definition) is 3. The van der Waals surface area contributed by atoms with Crippen LogP contribution in [0.2, 0.25) is 0 Å².